The van der Waals surface area contributed by atoms with Crippen LogP contribution in [0.15, 0.2) is 0 Å². The van der Waals surface area contributed by atoms with Gasteiger partial charge in [0.25, 0.3) is 0 Å². The molecule has 3 saturated heterocycles. The van der Waals surface area contributed by atoms with Crippen molar-refractivity contribution >= 4 is 17.7 Å². The summed E-state index contributed by atoms with van der Waals surface area (Å²) in [6, 6.07) is -0.357. The van der Waals surface area contributed by atoms with Gasteiger partial charge in [0, 0.05) is 19.6 Å². The van der Waals surface area contributed by atoms with Crippen LogP contribution in [0.1, 0.15) is 45.4 Å². The van der Waals surface area contributed by atoms with Gasteiger partial charge >= 0.3 is 0 Å². The average molecular weight is 336 g/mol. The highest BCUT2D eigenvalue weighted by Gasteiger charge is 2.48. The van der Waals surface area contributed by atoms with Gasteiger partial charge in [-0.05, 0) is 45.7 Å². The lowest BCUT2D eigenvalue weighted by Gasteiger charge is -2.48. The van der Waals surface area contributed by atoms with Crippen molar-refractivity contribution in [3.63, 3.8) is 0 Å². The molecule has 0 spiro atoms. The number of piperidine rings is 2. The van der Waals surface area contributed by atoms with Crippen LogP contribution in [0.4, 0.5) is 0 Å². The Balaban J connectivity index is 1.68. The van der Waals surface area contributed by atoms with Gasteiger partial charge in [-0.3, -0.25) is 29.1 Å². The van der Waals surface area contributed by atoms with Crippen molar-refractivity contribution in [3.05, 3.63) is 0 Å². The van der Waals surface area contributed by atoms with E-state index in [9.17, 15) is 14.4 Å². The number of hydrogen-bond acceptors (Lipinski definition) is 5. The summed E-state index contributed by atoms with van der Waals surface area (Å²) >= 11 is 0. The minimum absolute atomic E-state index is 0.0877. The van der Waals surface area contributed by atoms with Crippen molar-refractivity contribution in [2.24, 2.45) is 5.73 Å². The molecule has 3 amide bonds. The summed E-state index contributed by atoms with van der Waals surface area (Å²) in [6.07, 6.45) is 4.99. The highest BCUT2D eigenvalue weighted by molar-refractivity contribution is 6.05. The Kier molecular flexibility index (Phi) is 4.92. The van der Waals surface area contributed by atoms with Crippen molar-refractivity contribution in [1.82, 2.24) is 14.7 Å². The maximum Gasteiger partial charge on any atom is 0.247 e. The number of carbonyl (C=O) groups is 3. The Morgan fingerprint density at radius 2 is 1.75 bits per heavy atom. The van der Waals surface area contributed by atoms with Gasteiger partial charge in [-0.1, -0.05) is 6.42 Å². The van der Waals surface area contributed by atoms with Gasteiger partial charge in [0.15, 0.2) is 0 Å². The van der Waals surface area contributed by atoms with E-state index in [2.05, 4.69) is 9.80 Å². The molecule has 7 heteroatoms. The fourth-order valence-corrected chi connectivity index (χ4v) is 4.53. The molecule has 0 aromatic rings. The standard InChI is InChI=1S/C17H28N4O3/c1-2-21-14(22)12-13(15(21)23)19-10-6-17(7-11-19,16(18)24)20-8-4-3-5-9-20/h13H,2-12H2,1H3,(H2,18,24)/t13-/m0/s1. The zero-order chi connectivity index (χ0) is 17.3. The van der Waals surface area contributed by atoms with E-state index in [4.69, 9.17) is 5.73 Å². The summed E-state index contributed by atoms with van der Waals surface area (Å²) in [7, 11) is 0. The molecule has 134 valence electrons. The first kappa shape index (κ1) is 17.4. The van der Waals surface area contributed by atoms with Crippen LogP contribution >= 0.6 is 0 Å². The molecule has 3 aliphatic rings. The second kappa shape index (κ2) is 6.80. The van der Waals surface area contributed by atoms with Gasteiger partial charge in [0.1, 0.15) is 5.54 Å². The summed E-state index contributed by atoms with van der Waals surface area (Å²) in [5.41, 5.74) is 5.22. The number of amides is 3. The number of carbonyl (C=O) groups excluding carboxylic acids is 3. The van der Waals surface area contributed by atoms with Crippen LogP contribution in [0.3, 0.4) is 0 Å². The molecule has 0 radical (unpaired) electrons. The van der Waals surface area contributed by atoms with Crippen molar-refractivity contribution < 1.29 is 14.4 Å². The van der Waals surface area contributed by atoms with E-state index in [1.165, 1.54) is 11.3 Å². The second-order valence-corrected chi connectivity index (χ2v) is 7.18. The van der Waals surface area contributed by atoms with Crippen molar-refractivity contribution in [2.45, 2.75) is 57.0 Å². The summed E-state index contributed by atoms with van der Waals surface area (Å²) < 4.78 is 0. The molecule has 0 aliphatic carbocycles. The average Bonchev–Trinajstić information content (AvgIpc) is 2.89. The summed E-state index contributed by atoms with van der Waals surface area (Å²) in [4.78, 5) is 42.3. The minimum atomic E-state index is -0.576. The molecule has 0 saturated carbocycles. The number of nitrogens with zero attached hydrogens (tertiary/aromatic N) is 3. The lowest BCUT2D eigenvalue weighted by Crippen LogP contribution is -2.64. The molecule has 1 atom stereocenters. The van der Waals surface area contributed by atoms with Crippen molar-refractivity contribution in [2.75, 3.05) is 32.7 Å². The van der Waals surface area contributed by atoms with E-state index in [1.54, 1.807) is 0 Å². The number of likely N-dealkylation sites (N-methyl/N-ethyl adjacent to an activating group) is 1. The third-order valence-corrected chi connectivity index (χ3v) is 6.02. The van der Waals surface area contributed by atoms with Crippen LogP contribution in [0.25, 0.3) is 0 Å². The zero-order valence-corrected chi connectivity index (χ0v) is 14.5. The van der Waals surface area contributed by atoms with Crippen LogP contribution in [-0.2, 0) is 14.4 Å². The molecular weight excluding hydrogens is 308 g/mol. The predicted octanol–water partition coefficient (Wildman–Crippen LogP) is -0.0604. The first-order valence-electron chi connectivity index (χ1n) is 9.13. The molecule has 0 bridgehead atoms. The summed E-state index contributed by atoms with van der Waals surface area (Å²) in [5, 5.41) is 0. The van der Waals surface area contributed by atoms with Crippen LogP contribution in [-0.4, -0.2) is 76.7 Å². The number of nitrogens with two attached hydrogens (primary N) is 1. The molecule has 3 aliphatic heterocycles. The fraction of sp³-hybridized carbons (Fsp3) is 0.824. The first-order chi connectivity index (χ1) is 11.5. The summed E-state index contributed by atoms with van der Waals surface area (Å²) in [5.74, 6) is -0.421. The van der Waals surface area contributed by atoms with Gasteiger partial charge in [0.05, 0.1) is 12.5 Å². The maximum atomic E-state index is 12.4. The summed E-state index contributed by atoms with van der Waals surface area (Å²) in [6.45, 7) is 5.38. The normalized spacial score (nSPS) is 29.2. The van der Waals surface area contributed by atoms with E-state index >= 15 is 0 Å². The lowest BCUT2D eigenvalue weighted by atomic mass is 9.83. The van der Waals surface area contributed by atoms with Crippen molar-refractivity contribution in [1.29, 1.82) is 0 Å². The molecule has 3 fully saturated rings. The largest absolute Gasteiger partial charge is 0.368 e. The Bertz CT molecular complexity index is 522. The van der Waals surface area contributed by atoms with Crippen molar-refractivity contribution in [3.8, 4) is 0 Å². The molecule has 0 aromatic heterocycles. The second-order valence-electron chi connectivity index (χ2n) is 7.18. The first-order valence-corrected chi connectivity index (χ1v) is 9.13. The number of rotatable bonds is 4. The van der Waals surface area contributed by atoms with E-state index in [1.807, 2.05) is 6.92 Å². The number of hydrogen-bond donors (Lipinski definition) is 1. The SMILES string of the molecule is CCN1C(=O)C[C@H](N2CCC(C(N)=O)(N3CCCCC3)CC2)C1=O. The van der Waals surface area contributed by atoms with E-state index < -0.39 is 5.54 Å². The van der Waals surface area contributed by atoms with E-state index in [-0.39, 0.29) is 30.2 Å². The van der Waals surface area contributed by atoms with Gasteiger partial charge < -0.3 is 5.73 Å². The van der Waals surface area contributed by atoms with E-state index in [0.717, 1.165) is 25.9 Å². The maximum absolute atomic E-state index is 12.4. The minimum Gasteiger partial charge on any atom is -0.368 e. The number of imide groups is 1. The molecule has 3 heterocycles. The fourth-order valence-electron chi connectivity index (χ4n) is 4.53. The molecule has 0 unspecified atom stereocenters. The molecule has 7 nitrogen and oxygen atoms in total. The Labute approximate surface area is 143 Å². The zero-order valence-electron chi connectivity index (χ0n) is 14.5. The highest BCUT2D eigenvalue weighted by Crippen LogP contribution is 2.33. The van der Waals surface area contributed by atoms with Gasteiger partial charge in [0.2, 0.25) is 17.7 Å². The highest BCUT2D eigenvalue weighted by atomic mass is 16.2. The topological polar surface area (TPSA) is 87.0 Å². The lowest BCUT2D eigenvalue weighted by molar-refractivity contribution is -0.140. The molecular formula is C17H28N4O3. The van der Waals surface area contributed by atoms with E-state index in [0.29, 0.717) is 32.5 Å². The quantitative estimate of drug-likeness (QED) is 0.727. The molecule has 24 heavy (non-hydrogen) atoms. The Morgan fingerprint density at radius 1 is 1.12 bits per heavy atom. The monoisotopic (exact) mass is 336 g/mol. The molecule has 0 aromatic carbocycles. The number of primary amides is 1. The van der Waals surface area contributed by atoms with Crippen LogP contribution in [0, 0.1) is 0 Å². The molecule has 3 rings (SSSR count). The van der Waals surface area contributed by atoms with Crippen LogP contribution < -0.4 is 5.73 Å². The molecule has 2 N–H and O–H groups in total. The van der Waals surface area contributed by atoms with Crippen LogP contribution in [0.5, 0.6) is 0 Å². The number of likely N-dealkylation sites (tertiary alicyclic amines) is 3. The third kappa shape index (κ3) is 2.84. The van der Waals surface area contributed by atoms with Gasteiger partial charge in [-0.25, -0.2) is 0 Å². The third-order valence-electron chi connectivity index (χ3n) is 6.02. The van der Waals surface area contributed by atoms with Crippen LogP contribution in [0.2, 0.25) is 0 Å². The van der Waals surface area contributed by atoms with Gasteiger partial charge in [-0.2, -0.15) is 0 Å². The van der Waals surface area contributed by atoms with Gasteiger partial charge in [-0.15, -0.1) is 0 Å². The smallest absolute Gasteiger partial charge is 0.247 e. The Hall–Kier alpha value is -1.47. The predicted molar refractivity (Wildman–Crippen MR) is 89.0 cm³/mol. The Morgan fingerprint density at radius 3 is 2.25 bits per heavy atom.